The predicted octanol–water partition coefficient (Wildman–Crippen LogP) is 2.66. The Labute approximate surface area is 131 Å². The largest absolute Gasteiger partial charge is 0.486 e. The molecule has 1 aromatic rings. The number of hydrogen-bond donors (Lipinski definition) is 1. The molecule has 1 aromatic carbocycles. The fourth-order valence-electron chi connectivity index (χ4n) is 2.94. The number of benzene rings is 1. The molecule has 2 aliphatic rings. The molecule has 0 bridgehead atoms. The first-order chi connectivity index (χ1) is 10.8. The van der Waals surface area contributed by atoms with Crippen LogP contribution in [0.4, 0.5) is 5.69 Å². The second-order valence-electron chi connectivity index (χ2n) is 5.86. The minimum absolute atomic E-state index is 0.178. The summed E-state index contributed by atoms with van der Waals surface area (Å²) < 4.78 is 11.1. The molecule has 5 nitrogen and oxygen atoms in total. The van der Waals surface area contributed by atoms with E-state index in [9.17, 15) is 4.79 Å². The number of rotatable bonds is 3. The third-order valence-corrected chi connectivity index (χ3v) is 4.19. The highest BCUT2D eigenvalue weighted by atomic mass is 16.6. The number of hydrogen-bond acceptors (Lipinski definition) is 4. The molecule has 0 unspecified atom stereocenters. The molecule has 1 N–H and O–H groups in total. The van der Waals surface area contributed by atoms with Crippen molar-refractivity contribution < 1.29 is 14.3 Å². The van der Waals surface area contributed by atoms with E-state index in [1.165, 1.54) is 19.3 Å². The summed E-state index contributed by atoms with van der Waals surface area (Å²) >= 11 is 0. The zero-order valence-electron chi connectivity index (χ0n) is 13.0. The van der Waals surface area contributed by atoms with Crippen LogP contribution >= 0.6 is 0 Å². The molecule has 0 spiro atoms. The van der Waals surface area contributed by atoms with E-state index in [0.29, 0.717) is 19.8 Å². The SMILES string of the molecule is O=C(CNc1ccc2c(c1)OCCO2)N1CCCCCCC1. The number of anilines is 1. The van der Waals surface area contributed by atoms with Crippen molar-refractivity contribution in [3.63, 3.8) is 0 Å². The maximum Gasteiger partial charge on any atom is 0.241 e. The molecule has 0 saturated carbocycles. The van der Waals surface area contributed by atoms with Crippen LogP contribution in [0, 0.1) is 0 Å². The van der Waals surface area contributed by atoms with Gasteiger partial charge in [-0.05, 0) is 25.0 Å². The van der Waals surface area contributed by atoms with Crippen molar-refractivity contribution in [2.45, 2.75) is 32.1 Å². The second-order valence-corrected chi connectivity index (χ2v) is 5.86. The second kappa shape index (κ2) is 7.38. The Balaban J connectivity index is 1.53. The minimum atomic E-state index is 0.178. The van der Waals surface area contributed by atoms with E-state index >= 15 is 0 Å². The van der Waals surface area contributed by atoms with Crippen molar-refractivity contribution in [3.05, 3.63) is 18.2 Å². The van der Waals surface area contributed by atoms with Crippen LogP contribution < -0.4 is 14.8 Å². The molecule has 3 rings (SSSR count). The van der Waals surface area contributed by atoms with Gasteiger partial charge in [0.2, 0.25) is 5.91 Å². The van der Waals surface area contributed by atoms with Gasteiger partial charge in [-0.25, -0.2) is 0 Å². The average molecular weight is 304 g/mol. The van der Waals surface area contributed by atoms with Crippen molar-refractivity contribution in [1.82, 2.24) is 4.90 Å². The van der Waals surface area contributed by atoms with Gasteiger partial charge < -0.3 is 19.7 Å². The number of likely N-dealkylation sites (tertiary alicyclic amines) is 1. The van der Waals surface area contributed by atoms with Crippen molar-refractivity contribution in [2.24, 2.45) is 0 Å². The lowest BCUT2D eigenvalue weighted by atomic mass is 10.1. The van der Waals surface area contributed by atoms with E-state index in [2.05, 4.69) is 5.32 Å². The van der Waals surface area contributed by atoms with Gasteiger partial charge in [-0.3, -0.25) is 4.79 Å². The third kappa shape index (κ3) is 3.84. The summed E-state index contributed by atoms with van der Waals surface area (Å²) in [6.07, 6.45) is 6.02. The normalized spacial score (nSPS) is 18.3. The molecular weight excluding hydrogens is 280 g/mol. The molecule has 1 fully saturated rings. The highest BCUT2D eigenvalue weighted by molar-refractivity contribution is 5.81. The standard InChI is InChI=1S/C17H24N2O3/c20-17(19-8-4-2-1-3-5-9-19)13-18-14-6-7-15-16(12-14)22-11-10-21-15/h6-7,12,18H,1-5,8-11,13H2. The zero-order valence-corrected chi connectivity index (χ0v) is 13.0. The summed E-state index contributed by atoms with van der Waals surface area (Å²) in [6.45, 7) is 3.28. The smallest absolute Gasteiger partial charge is 0.241 e. The van der Waals surface area contributed by atoms with Crippen LogP contribution in [-0.2, 0) is 4.79 Å². The van der Waals surface area contributed by atoms with Crippen LogP contribution in [0.25, 0.3) is 0 Å². The van der Waals surface area contributed by atoms with Gasteiger partial charge >= 0.3 is 0 Å². The highest BCUT2D eigenvalue weighted by Gasteiger charge is 2.15. The number of amides is 1. The molecular formula is C17H24N2O3. The summed E-state index contributed by atoms with van der Waals surface area (Å²) in [5.41, 5.74) is 0.893. The Morgan fingerprint density at radius 1 is 1.00 bits per heavy atom. The maximum absolute atomic E-state index is 12.3. The van der Waals surface area contributed by atoms with Crippen molar-refractivity contribution in [3.8, 4) is 11.5 Å². The number of nitrogens with zero attached hydrogens (tertiary/aromatic N) is 1. The summed E-state index contributed by atoms with van der Waals surface area (Å²) in [5, 5.41) is 3.20. The molecule has 2 heterocycles. The molecule has 5 heteroatoms. The molecule has 22 heavy (non-hydrogen) atoms. The lowest BCUT2D eigenvalue weighted by Gasteiger charge is -2.25. The van der Waals surface area contributed by atoms with Gasteiger partial charge in [0.1, 0.15) is 13.2 Å². The van der Waals surface area contributed by atoms with Crippen molar-refractivity contribution in [2.75, 3.05) is 38.2 Å². The van der Waals surface area contributed by atoms with Crippen LogP contribution in [0.2, 0.25) is 0 Å². The number of carbonyl (C=O) groups excluding carboxylic acids is 1. The zero-order chi connectivity index (χ0) is 15.2. The number of ether oxygens (including phenoxy) is 2. The van der Waals surface area contributed by atoms with Gasteiger partial charge in [-0.1, -0.05) is 19.3 Å². The number of nitrogens with one attached hydrogen (secondary N) is 1. The third-order valence-electron chi connectivity index (χ3n) is 4.19. The minimum Gasteiger partial charge on any atom is -0.486 e. The highest BCUT2D eigenvalue weighted by Crippen LogP contribution is 2.32. The molecule has 0 atom stereocenters. The molecule has 1 amide bonds. The lowest BCUT2D eigenvalue weighted by Crippen LogP contribution is -2.37. The topological polar surface area (TPSA) is 50.8 Å². The molecule has 1 saturated heterocycles. The Morgan fingerprint density at radius 3 is 2.45 bits per heavy atom. The Kier molecular flexibility index (Phi) is 5.03. The predicted molar refractivity (Wildman–Crippen MR) is 85.6 cm³/mol. The Morgan fingerprint density at radius 2 is 1.68 bits per heavy atom. The van der Waals surface area contributed by atoms with Crippen LogP contribution in [0.15, 0.2) is 18.2 Å². The van der Waals surface area contributed by atoms with Gasteiger partial charge in [-0.2, -0.15) is 0 Å². The van der Waals surface area contributed by atoms with Gasteiger partial charge in [-0.15, -0.1) is 0 Å². The summed E-state index contributed by atoms with van der Waals surface area (Å²) in [6, 6.07) is 5.71. The molecule has 0 radical (unpaired) electrons. The van der Waals surface area contributed by atoms with Crippen molar-refractivity contribution >= 4 is 11.6 Å². The van der Waals surface area contributed by atoms with Crippen LogP contribution in [0.3, 0.4) is 0 Å². The number of carbonyl (C=O) groups is 1. The van der Waals surface area contributed by atoms with Crippen LogP contribution in [-0.4, -0.2) is 43.7 Å². The molecule has 2 aliphatic heterocycles. The van der Waals surface area contributed by atoms with E-state index in [1.54, 1.807) is 0 Å². The maximum atomic E-state index is 12.3. The summed E-state index contributed by atoms with van der Waals surface area (Å²) in [4.78, 5) is 14.3. The van der Waals surface area contributed by atoms with E-state index < -0.39 is 0 Å². The van der Waals surface area contributed by atoms with Gasteiger partial charge in [0.25, 0.3) is 0 Å². The van der Waals surface area contributed by atoms with Crippen LogP contribution in [0.5, 0.6) is 11.5 Å². The molecule has 120 valence electrons. The first-order valence-electron chi connectivity index (χ1n) is 8.24. The molecule has 0 aromatic heterocycles. The summed E-state index contributed by atoms with van der Waals surface area (Å²) in [5.74, 6) is 1.69. The van der Waals surface area contributed by atoms with Gasteiger partial charge in [0.15, 0.2) is 11.5 Å². The lowest BCUT2D eigenvalue weighted by molar-refractivity contribution is -0.129. The number of fused-ring (bicyclic) bond motifs is 1. The van der Waals surface area contributed by atoms with E-state index in [0.717, 1.165) is 43.1 Å². The average Bonchev–Trinajstić information content (AvgIpc) is 2.52. The monoisotopic (exact) mass is 304 g/mol. The quantitative estimate of drug-likeness (QED) is 0.933. The molecule has 0 aliphatic carbocycles. The van der Waals surface area contributed by atoms with Gasteiger partial charge in [0, 0.05) is 24.8 Å². The van der Waals surface area contributed by atoms with E-state index in [4.69, 9.17) is 9.47 Å². The fourth-order valence-corrected chi connectivity index (χ4v) is 2.94. The fraction of sp³-hybridized carbons (Fsp3) is 0.588. The Hall–Kier alpha value is -1.91. The van der Waals surface area contributed by atoms with Crippen LogP contribution in [0.1, 0.15) is 32.1 Å². The van der Waals surface area contributed by atoms with E-state index in [-0.39, 0.29) is 5.91 Å². The summed E-state index contributed by atoms with van der Waals surface area (Å²) in [7, 11) is 0. The van der Waals surface area contributed by atoms with Crippen molar-refractivity contribution in [1.29, 1.82) is 0 Å². The first kappa shape index (κ1) is 15.0. The first-order valence-corrected chi connectivity index (χ1v) is 8.24. The Bertz CT molecular complexity index is 511. The van der Waals surface area contributed by atoms with Gasteiger partial charge in [0.05, 0.1) is 6.54 Å². The van der Waals surface area contributed by atoms with E-state index in [1.807, 2.05) is 23.1 Å².